The highest BCUT2D eigenvalue weighted by Crippen LogP contribution is 2.16. The van der Waals surface area contributed by atoms with Crippen molar-refractivity contribution in [2.24, 2.45) is 0 Å². The van der Waals surface area contributed by atoms with E-state index in [1.54, 1.807) is 31.3 Å². The molecule has 0 saturated carbocycles. The van der Waals surface area contributed by atoms with Gasteiger partial charge in [-0.3, -0.25) is 4.79 Å². The number of para-hydroxylation sites is 1. The highest BCUT2D eigenvalue weighted by atomic mass is 19.1. The van der Waals surface area contributed by atoms with Crippen LogP contribution < -0.4 is 5.32 Å². The molecule has 0 radical (unpaired) electrons. The number of nitrogens with one attached hydrogen (secondary N) is 1. The van der Waals surface area contributed by atoms with Crippen LogP contribution in [0.3, 0.4) is 0 Å². The van der Waals surface area contributed by atoms with Gasteiger partial charge in [-0.15, -0.1) is 0 Å². The van der Waals surface area contributed by atoms with Gasteiger partial charge in [-0.05, 0) is 35.9 Å². The molecule has 0 aliphatic rings. The van der Waals surface area contributed by atoms with E-state index < -0.39 is 0 Å². The lowest BCUT2D eigenvalue weighted by atomic mass is 10.1. The molecule has 0 spiro atoms. The summed E-state index contributed by atoms with van der Waals surface area (Å²) >= 11 is 0. The molecule has 3 heteroatoms. The lowest BCUT2D eigenvalue weighted by Crippen LogP contribution is -2.00. The largest absolute Gasteiger partial charge is 0.388 e. The van der Waals surface area contributed by atoms with Crippen molar-refractivity contribution in [2.75, 3.05) is 12.4 Å². The first-order valence-corrected chi connectivity index (χ1v) is 5.95. The van der Waals surface area contributed by atoms with Crippen molar-refractivity contribution in [3.05, 3.63) is 71.6 Å². The maximum absolute atomic E-state index is 12.7. The maximum atomic E-state index is 12.7. The summed E-state index contributed by atoms with van der Waals surface area (Å²) in [4.78, 5) is 12.1. The van der Waals surface area contributed by atoms with Crippen LogP contribution in [-0.4, -0.2) is 12.8 Å². The summed E-state index contributed by atoms with van der Waals surface area (Å²) in [6.07, 6.45) is 3.16. The number of halogens is 1. The number of benzene rings is 2. The normalized spacial score (nSPS) is 10.6. The van der Waals surface area contributed by atoms with Crippen LogP contribution in [0.5, 0.6) is 0 Å². The second-order valence-electron chi connectivity index (χ2n) is 4.04. The number of allylic oxidation sites excluding steroid dienone is 1. The van der Waals surface area contributed by atoms with E-state index in [0.29, 0.717) is 5.56 Å². The molecule has 19 heavy (non-hydrogen) atoms. The van der Waals surface area contributed by atoms with Crippen LogP contribution in [0.15, 0.2) is 54.6 Å². The van der Waals surface area contributed by atoms with Crippen LogP contribution in [0.2, 0.25) is 0 Å². The van der Waals surface area contributed by atoms with Gasteiger partial charge in [0.15, 0.2) is 5.78 Å². The van der Waals surface area contributed by atoms with Crippen molar-refractivity contribution in [1.29, 1.82) is 0 Å². The van der Waals surface area contributed by atoms with Crippen molar-refractivity contribution in [3.8, 4) is 0 Å². The van der Waals surface area contributed by atoms with E-state index >= 15 is 0 Å². The van der Waals surface area contributed by atoms with Gasteiger partial charge < -0.3 is 5.32 Å². The minimum absolute atomic E-state index is 0.0886. The van der Waals surface area contributed by atoms with Gasteiger partial charge in [0.2, 0.25) is 0 Å². The Morgan fingerprint density at radius 2 is 1.79 bits per heavy atom. The summed E-state index contributed by atoms with van der Waals surface area (Å²) in [5.41, 5.74) is 2.19. The number of carbonyl (C=O) groups is 1. The van der Waals surface area contributed by atoms with E-state index in [4.69, 9.17) is 0 Å². The lowest BCUT2D eigenvalue weighted by Gasteiger charge is -2.04. The smallest absolute Gasteiger partial charge is 0.187 e. The minimum Gasteiger partial charge on any atom is -0.388 e. The fourth-order valence-corrected chi connectivity index (χ4v) is 1.75. The van der Waals surface area contributed by atoms with Crippen molar-refractivity contribution >= 4 is 17.5 Å². The molecular weight excluding hydrogens is 241 g/mol. The van der Waals surface area contributed by atoms with Crippen molar-refractivity contribution in [3.63, 3.8) is 0 Å². The summed E-state index contributed by atoms with van der Waals surface area (Å²) in [5, 5.41) is 2.98. The predicted molar refractivity (Wildman–Crippen MR) is 75.8 cm³/mol. The molecule has 0 aromatic heterocycles. The molecule has 2 rings (SSSR count). The average Bonchev–Trinajstić information content (AvgIpc) is 2.46. The Bertz CT molecular complexity index is 602. The van der Waals surface area contributed by atoms with Gasteiger partial charge in [0.25, 0.3) is 0 Å². The molecular formula is C16H14FNO. The Morgan fingerprint density at radius 3 is 2.47 bits per heavy atom. The Morgan fingerprint density at radius 1 is 1.11 bits per heavy atom. The van der Waals surface area contributed by atoms with Crippen molar-refractivity contribution in [2.45, 2.75) is 0 Å². The Kier molecular flexibility index (Phi) is 4.08. The van der Waals surface area contributed by atoms with E-state index in [9.17, 15) is 9.18 Å². The zero-order chi connectivity index (χ0) is 13.7. The SMILES string of the molecule is CNc1ccccc1C(=O)/C=C/c1ccc(F)cc1. The second kappa shape index (κ2) is 5.96. The molecule has 1 N–H and O–H groups in total. The van der Waals surface area contributed by atoms with Crippen molar-refractivity contribution < 1.29 is 9.18 Å². The van der Waals surface area contributed by atoms with Gasteiger partial charge in [0, 0.05) is 18.3 Å². The summed E-state index contributed by atoms with van der Waals surface area (Å²) in [5.74, 6) is -0.377. The van der Waals surface area contributed by atoms with E-state index in [1.807, 2.05) is 18.2 Å². The summed E-state index contributed by atoms with van der Waals surface area (Å²) in [7, 11) is 1.77. The number of hydrogen-bond acceptors (Lipinski definition) is 2. The fraction of sp³-hybridized carbons (Fsp3) is 0.0625. The molecule has 0 aliphatic carbocycles. The van der Waals surface area contributed by atoms with Crippen LogP contribution in [0.25, 0.3) is 6.08 Å². The highest BCUT2D eigenvalue weighted by Gasteiger charge is 2.06. The van der Waals surface area contributed by atoms with Crippen LogP contribution in [-0.2, 0) is 0 Å². The minimum atomic E-state index is -0.288. The zero-order valence-corrected chi connectivity index (χ0v) is 10.6. The van der Waals surface area contributed by atoms with Crippen molar-refractivity contribution in [1.82, 2.24) is 0 Å². The average molecular weight is 255 g/mol. The van der Waals surface area contributed by atoms with Gasteiger partial charge in [0.05, 0.1) is 0 Å². The van der Waals surface area contributed by atoms with Crippen LogP contribution in [0, 0.1) is 5.82 Å². The molecule has 0 unspecified atom stereocenters. The number of ketones is 1. The van der Waals surface area contributed by atoms with Gasteiger partial charge in [-0.2, -0.15) is 0 Å². The first-order chi connectivity index (χ1) is 9.20. The number of hydrogen-bond donors (Lipinski definition) is 1. The number of anilines is 1. The molecule has 0 bridgehead atoms. The molecule has 96 valence electrons. The molecule has 2 nitrogen and oxygen atoms in total. The monoisotopic (exact) mass is 255 g/mol. The summed E-state index contributed by atoms with van der Waals surface area (Å²) in [6, 6.07) is 13.3. The highest BCUT2D eigenvalue weighted by molar-refractivity contribution is 6.10. The van der Waals surface area contributed by atoms with Gasteiger partial charge in [-0.25, -0.2) is 4.39 Å². The van der Waals surface area contributed by atoms with Gasteiger partial charge >= 0.3 is 0 Å². The summed E-state index contributed by atoms with van der Waals surface area (Å²) < 4.78 is 12.7. The third kappa shape index (κ3) is 3.28. The molecule has 0 aliphatic heterocycles. The number of rotatable bonds is 4. The van der Waals surface area contributed by atoms with Crippen LogP contribution in [0.1, 0.15) is 15.9 Å². The molecule has 2 aromatic rings. The van der Waals surface area contributed by atoms with E-state index in [-0.39, 0.29) is 11.6 Å². The molecule has 2 aromatic carbocycles. The van der Waals surface area contributed by atoms with E-state index in [0.717, 1.165) is 11.3 Å². The quantitative estimate of drug-likeness (QED) is 0.665. The third-order valence-corrected chi connectivity index (χ3v) is 2.76. The summed E-state index contributed by atoms with van der Waals surface area (Å²) in [6.45, 7) is 0. The molecule has 0 amide bonds. The molecule has 0 atom stereocenters. The topological polar surface area (TPSA) is 29.1 Å². The molecule has 0 saturated heterocycles. The second-order valence-corrected chi connectivity index (χ2v) is 4.04. The van der Waals surface area contributed by atoms with Gasteiger partial charge in [0.1, 0.15) is 5.82 Å². The first kappa shape index (κ1) is 13.0. The van der Waals surface area contributed by atoms with E-state index in [1.165, 1.54) is 18.2 Å². The Hall–Kier alpha value is -2.42. The van der Waals surface area contributed by atoms with E-state index in [2.05, 4.69) is 5.32 Å². The third-order valence-electron chi connectivity index (χ3n) is 2.76. The molecule has 0 heterocycles. The van der Waals surface area contributed by atoms with Gasteiger partial charge in [-0.1, -0.05) is 30.3 Å². The first-order valence-electron chi connectivity index (χ1n) is 5.95. The lowest BCUT2D eigenvalue weighted by molar-refractivity contribution is 0.104. The Balaban J connectivity index is 2.19. The fourth-order valence-electron chi connectivity index (χ4n) is 1.75. The number of carbonyl (C=O) groups excluding carboxylic acids is 1. The Labute approximate surface area is 111 Å². The van der Waals surface area contributed by atoms with Crippen LogP contribution >= 0.6 is 0 Å². The molecule has 0 fully saturated rings. The zero-order valence-electron chi connectivity index (χ0n) is 10.6. The standard InChI is InChI=1S/C16H14FNO/c1-18-15-5-3-2-4-14(15)16(19)11-8-12-6-9-13(17)10-7-12/h2-11,18H,1H3/b11-8+. The van der Waals surface area contributed by atoms with Crippen LogP contribution in [0.4, 0.5) is 10.1 Å². The predicted octanol–water partition coefficient (Wildman–Crippen LogP) is 3.76. The maximum Gasteiger partial charge on any atom is 0.187 e.